The van der Waals surface area contributed by atoms with Crippen molar-refractivity contribution in [3.63, 3.8) is 0 Å². The maximum atomic E-state index is 12.1. The normalized spacial score (nSPS) is 12.7. The summed E-state index contributed by atoms with van der Waals surface area (Å²) in [7, 11) is 2.07. The lowest BCUT2D eigenvalue weighted by atomic mass is 9.99. The number of ketones is 1. The molecule has 3 heteroatoms. The highest BCUT2D eigenvalue weighted by molar-refractivity contribution is 7.98. The van der Waals surface area contributed by atoms with Gasteiger partial charge in [0.05, 0.1) is 0 Å². The quantitative estimate of drug-likeness (QED) is 0.695. The first-order valence-corrected chi connectivity index (χ1v) is 7.31. The predicted octanol–water partition coefficient (Wildman–Crippen LogP) is 2.80. The molecule has 0 spiro atoms. The highest BCUT2D eigenvalue weighted by Gasteiger charge is 2.16. The second kappa shape index (κ2) is 7.51. The van der Waals surface area contributed by atoms with Crippen LogP contribution in [0, 0.1) is 5.92 Å². The van der Waals surface area contributed by atoms with E-state index in [1.165, 1.54) is 0 Å². The molecule has 1 unspecified atom stereocenters. The molecule has 0 aromatic heterocycles. The number of carbonyl (C=O) groups excluding carboxylic acids is 1. The minimum Gasteiger partial charge on any atom is -0.305 e. The van der Waals surface area contributed by atoms with Gasteiger partial charge in [-0.3, -0.25) is 4.79 Å². The molecule has 0 N–H and O–H groups in total. The molecule has 0 aliphatic carbocycles. The first-order valence-electron chi connectivity index (χ1n) is 5.92. The van der Waals surface area contributed by atoms with Crippen LogP contribution in [0.3, 0.4) is 0 Å². The summed E-state index contributed by atoms with van der Waals surface area (Å²) in [5.74, 6) is 1.41. The second-order valence-electron chi connectivity index (χ2n) is 4.39. The Hall–Kier alpha value is -0.800. The maximum Gasteiger partial charge on any atom is 0.166 e. The first-order chi connectivity index (χ1) is 8.15. The van der Waals surface area contributed by atoms with E-state index < -0.39 is 0 Å². The minimum absolute atomic E-state index is 0.0595. The number of rotatable bonds is 7. The van der Waals surface area contributed by atoms with E-state index in [2.05, 4.69) is 18.2 Å². The van der Waals surface area contributed by atoms with Gasteiger partial charge in [0.1, 0.15) is 0 Å². The molecule has 1 rings (SSSR count). The van der Waals surface area contributed by atoms with Crippen LogP contribution < -0.4 is 0 Å². The molecular formula is C14H21NOS. The molecule has 17 heavy (non-hydrogen) atoms. The van der Waals surface area contributed by atoms with Gasteiger partial charge in [-0.25, -0.2) is 0 Å². The molecule has 1 aromatic rings. The van der Waals surface area contributed by atoms with Gasteiger partial charge < -0.3 is 4.90 Å². The van der Waals surface area contributed by atoms with Crippen LogP contribution in [0.15, 0.2) is 30.3 Å². The van der Waals surface area contributed by atoms with Crippen molar-refractivity contribution in [3.8, 4) is 0 Å². The van der Waals surface area contributed by atoms with Crippen molar-refractivity contribution in [2.75, 3.05) is 32.1 Å². The van der Waals surface area contributed by atoms with Gasteiger partial charge in [-0.15, -0.1) is 0 Å². The highest BCUT2D eigenvalue weighted by atomic mass is 32.2. The molecule has 0 amide bonds. The molecule has 0 bridgehead atoms. The van der Waals surface area contributed by atoms with Gasteiger partial charge in [-0.05, 0) is 13.3 Å². The van der Waals surface area contributed by atoms with E-state index in [9.17, 15) is 4.79 Å². The average Bonchev–Trinajstić information content (AvgIpc) is 2.36. The second-order valence-corrected chi connectivity index (χ2v) is 5.37. The first kappa shape index (κ1) is 14.3. The van der Waals surface area contributed by atoms with Gasteiger partial charge in [0.25, 0.3) is 0 Å². The van der Waals surface area contributed by atoms with Crippen LogP contribution in [0.5, 0.6) is 0 Å². The van der Waals surface area contributed by atoms with Crippen molar-refractivity contribution in [1.29, 1.82) is 0 Å². The molecule has 94 valence electrons. The number of benzene rings is 1. The fourth-order valence-electron chi connectivity index (χ4n) is 1.78. The summed E-state index contributed by atoms with van der Waals surface area (Å²) in [5, 5.41) is 0. The summed E-state index contributed by atoms with van der Waals surface area (Å²) in [4.78, 5) is 14.3. The number of thioether (sulfide) groups is 1. The standard InChI is InChI=1S/C14H21NOS/c1-12(11-15(2)9-10-17-3)14(16)13-7-5-4-6-8-13/h4-8,12H,9-11H2,1-3H3. The predicted molar refractivity (Wildman–Crippen MR) is 75.8 cm³/mol. The molecule has 1 atom stereocenters. The van der Waals surface area contributed by atoms with E-state index in [1.807, 2.05) is 49.0 Å². The van der Waals surface area contributed by atoms with Crippen molar-refractivity contribution in [2.45, 2.75) is 6.92 Å². The molecule has 0 aliphatic rings. The Bertz CT molecular complexity index is 339. The lowest BCUT2D eigenvalue weighted by Crippen LogP contribution is -2.30. The Balaban J connectivity index is 2.47. The van der Waals surface area contributed by atoms with Crippen LogP contribution in [0.1, 0.15) is 17.3 Å². The summed E-state index contributed by atoms with van der Waals surface area (Å²) in [6, 6.07) is 9.54. The Morgan fingerprint density at radius 3 is 2.59 bits per heavy atom. The third-order valence-corrected chi connectivity index (χ3v) is 3.36. The van der Waals surface area contributed by atoms with Crippen molar-refractivity contribution < 1.29 is 4.79 Å². The average molecular weight is 251 g/mol. The number of nitrogens with zero attached hydrogens (tertiary/aromatic N) is 1. The Morgan fingerprint density at radius 1 is 1.35 bits per heavy atom. The zero-order chi connectivity index (χ0) is 12.7. The van der Waals surface area contributed by atoms with Crippen LogP contribution in [-0.2, 0) is 0 Å². The number of hydrogen-bond donors (Lipinski definition) is 0. The van der Waals surface area contributed by atoms with E-state index in [4.69, 9.17) is 0 Å². The summed E-state index contributed by atoms with van der Waals surface area (Å²) in [5.41, 5.74) is 0.818. The van der Waals surface area contributed by atoms with Gasteiger partial charge >= 0.3 is 0 Å². The Morgan fingerprint density at radius 2 is 2.00 bits per heavy atom. The molecule has 0 aliphatic heterocycles. The lowest BCUT2D eigenvalue weighted by molar-refractivity contribution is 0.0905. The number of hydrogen-bond acceptors (Lipinski definition) is 3. The van der Waals surface area contributed by atoms with Gasteiger partial charge in [0, 0.05) is 30.3 Å². The van der Waals surface area contributed by atoms with Gasteiger partial charge in [-0.2, -0.15) is 11.8 Å². The monoisotopic (exact) mass is 251 g/mol. The molecule has 0 heterocycles. The highest BCUT2D eigenvalue weighted by Crippen LogP contribution is 2.09. The van der Waals surface area contributed by atoms with Crippen LogP contribution in [0.4, 0.5) is 0 Å². The smallest absolute Gasteiger partial charge is 0.166 e. The largest absolute Gasteiger partial charge is 0.305 e. The van der Waals surface area contributed by atoms with Crippen molar-refractivity contribution in [3.05, 3.63) is 35.9 Å². The molecule has 0 saturated carbocycles. The number of carbonyl (C=O) groups is 1. The van der Waals surface area contributed by atoms with Crippen LogP contribution in [0.25, 0.3) is 0 Å². The van der Waals surface area contributed by atoms with Gasteiger partial charge in [-0.1, -0.05) is 37.3 Å². The summed E-state index contributed by atoms with van der Waals surface area (Å²) < 4.78 is 0. The van der Waals surface area contributed by atoms with Gasteiger partial charge in [0.2, 0.25) is 0 Å². The zero-order valence-corrected chi connectivity index (χ0v) is 11.7. The van der Waals surface area contributed by atoms with Gasteiger partial charge in [0.15, 0.2) is 5.78 Å². The molecule has 1 aromatic carbocycles. The van der Waals surface area contributed by atoms with E-state index in [-0.39, 0.29) is 11.7 Å². The molecule has 0 radical (unpaired) electrons. The summed E-state index contributed by atoms with van der Waals surface area (Å²) in [6.07, 6.45) is 2.10. The van der Waals surface area contributed by atoms with E-state index >= 15 is 0 Å². The lowest BCUT2D eigenvalue weighted by Gasteiger charge is -2.20. The van der Waals surface area contributed by atoms with Crippen molar-refractivity contribution >= 4 is 17.5 Å². The summed E-state index contributed by atoms with van der Waals surface area (Å²) >= 11 is 1.84. The van der Waals surface area contributed by atoms with Crippen molar-refractivity contribution in [2.24, 2.45) is 5.92 Å². The molecule has 2 nitrogen and oxygen atoms in total. The molecular weight excluding hydrogens is 230 g/mol. The maximum absolute atomic E-state index is 12.1. The van der Waals surface area contributed by atoms with Crippen LogP contribution in [0.2, 0.25) is 0 Å². The molecule has 0 saturated heterocycles. The summed E-state index contributed by atoms with van der Waals surface area (Å²) in [6.45, 7) is 3.87. The van der Waals surface area contributed by atoms with Crippen molar-refractivity contribution in [1.82, 2.24) is 4.90 Å². The minimum atomic E-state index is 0.0595. The van der Waals surface area contributed by atoms with E-state index in [1.54, 1.807) is 0 Å². The van der Waals surface area contributed by atoms with E-state index in [0.29, 0.717) is 0 Å². The fraction of sp³-hybridized carbons (Fsp3) is 0.500. The Labute approximate surface area is 108 Å². The third-order valence-electron chi connectivity index (χ3n) is 2.77. The third kappa shape index (κ3) is 4.92. The fourth-order valence-corrected chi connectivity index (χ4v) is 2.27. The topological polar surface area (TPSA) is 20.3 Å². The SMILES string of the molecule is CSCCN(C)CC(C)C(=O)c1ccccc1. The van der Waals surface area contributed by atoms with Crippen LogP contribution in [-0.4, -0.2) is 42.8 Å². The van der Waals surface area contributed by atoms with Crippen LogP contribution >= 0.6 is 11.8 Å². The Kier molecular flexibility index (Phi) is 6.30. The van der Waals surface area contributed by atoms with E-state index in [0.717, 1.165) is 24.4 Å². The number of Topliss-reactive ketones (excluding diaryl/α,β-unsaturated/α-hetero) is 1. The zero-order valence-electron chi connectivity index (χ0n) is 10.8. The molecule has 0 fully saturated rings.